The Morgan fingerprint density at radius 1 is 1.14 bits per heavy atom. The SMILES string of the molecule is O=C(O)[C@H](CCN(CCCCc1ccc2c(n1)NCCC2)C1CC1)Nc1ncncc1-c1ccccc1. The van der Waals surface area contributed by atoms with E-state index < -0.39 is 12.0 Å². The highest BCUT2D eigenvalue weighted by Gasteiger charge is 2.30. The number of aryl methyl sites for hydroxylation is 2. The maximum Gasteiger partial charge on any atom is 0.326 e. The highest BCUT2D eigenvalue weighted by Crippen LogP contribution is 2.29. The fraction of sp³-hybridized carbons (Fsp3) is 0.448. The van der Waals surface area contributed by atoms with Gasteiger partial charge in [-0.2, -0.15) is 0 Å². The van der Waals surface area contributed by atoms with Crippen molar-refractivity contribution in [3.8, 4) is 11.1 Å². The number of nitrogens with one attached hydrogen (secondary N) is 2. The van der Waals surface area contributed by atoms with E-state index in [1.165, 1.54) is 31.2 Å². The van der Waals surface area contributed by atoms with Crippen LogP contribution in [0.15, 0.2) is 55.0 Å². The minimum absolute atomic E-state index is 0.516. The molecule has 3 heterocycles. The zero-order chi connectivity index (χ0) is 25.5. The van der Waals surface area contributed by atoms with E-state index in [1.807, 2.05) is 30.3 Å². The molecule has 0 amide bonds. The third-order valence-corrected chi connectivity index (χ3v) is 7.25. The minimum Gasteiger partial charge on any atom is -0.480 e. The van der Waals surface area contributed by atoms with Crippen molar-refractivity contribution >= 4 is 17.6 Å². The summed E-state index contributed by atoms with van der Waals surface area (Å²) in [5.41, 5.74) is 4.24. The van der Waals surface area contributed by atoms with E-state index in [9.17, 15) is 9.90 Å². The minimum atomic E-state index is -0.861. The van der Waals surface area contributed by atoms with Crippen molar-refractivity contribution in [1.29, 1.82) is 0 Å². The van der Waals surface area contributed by atoms with Crippen molar-refractivity contribution in [3.05, 3.63) is 66.2 Å². The van der Waals surface area contributed by atoms with Crippen LogP contribution in [0.3, 0.4) is 0 Å². The Kier molecular flexibility index (Phi) is 8.25. The van der Waals surface area contributed by atoms with Gasteiger partial charge in [-0.1, -0.05) is 36.4 Å². The Labute approximate surface area is 218 Å². The quantitative estimate of drug-likeness (QED) is 0.292. The maximum absolute atomic E-state index is 12.1. The van der Waals surface area contributed by atoms with Crippen LogP contribution < -0.4 is 10.6 Å². The predicted molar refractivity (Wildman–Crippen MR) is 146 cm³/mol. The van der Waals surface area contributed by atoms with Crippen molar-refractivity contribution in [2.45, 2.75) is 63.5 Å². The molecule has 37 heavy (non-hydrogen) atoms. The molecule has 1 aromatic carbocycles. The summed E-state index contributed by atoms with van der Waals surface area (Å²) in [5.74, 6) is 0.758. The standard InChI is InChI=1S/C29H36N6O2/c36-29(37)26(34-28-25(19-30-20-32-28)21-7-2-1-3-8-21)15-18-35(24-13-14-24)17-5-4-10-23-12-11-22-9-6-16-31-27(22)33-23/h1-3,7-8,11-12,19-20,24,26H,4-6,9-10,13-18H2,(H,31,33)(H,36,37)(H,30,32,34)/t26-/m0/s1. The number of hydrogen-bond donors (Lipinski definition) is 3. The molecule has 2 aliphatic rings. The van der Waals surface area contributed by atoms with Gasteiger partial charge < -0.3 is 20.6 Å². The van der Waals surface area contributed by atoms with E-state index in [0.717, 1.165) is 68.0 Å². The number of aliphatic carboxylic acids is 1. The number of carbonyl (C=O) groups is 1. The molecule has 1 saturated carbocycles. The molecule has 0 saturated heterocycles. The van der Waals surface area contributed by atoms with Gasteiger partial charge in [0.1, 0.15) is 24.0 Å². The van der Waals surface area contributed by atoms with Crippen molar-refractivity contribution in [1.82, 2.24) is 19.9 Å². The molecule has 0 bridgehead atoms. The van der Waals surface area contributed by atoms with Crippen molar-refractivity contribution < 1.29 is 9.90 Å². The van der Waals surface area contributed by atoms with E-state index in [1.54, 1.807) is 6.20 Å². The lowest BCUT2D eigenvalue weighted by Crippen LogP contribution is -2.36. The highest BCUT2D eigenvalue weighted by atomic mass is 16.4. The van der Waals surface area contributed by atoms with Gasteiger partial charge >= 0.3 is 5.97 Å². The Balaban J connectivity index is 1.14. The van der Waals surface area contributed by atoms with Crippen LogP contribution in [-0.2, 0) is 17.6 Å². The zero-order valence-corrected chi connectivity index (χ0v) is 21.3. The second kappa shape index (κ2) is 12.1. The van der Waals surface area contributed by atoms with E-state index in [2.05, 4.69) is 37.6 Å². The van der Waals surface area contributed by atoms with Gasteiger partial charge in [0.15, 0.2) is 0 Å². The summed E-state index contributed by atoms with van der Waals surface area (Å²) in [5, 5.41) is 16.6. The lowest BCUT2D eigenvalue weighted by Gasteiger charge is -2.25. The third kappa shape index (κ3) is 6.83. The summed E-state index contributed by atoms with van der Waals surface area (Å²) < 4.78 is 0. The molecule has 8 nitrogen and oxygen atoms in total. The monoisotopic (exact) mass is 500 g/mol. The van der Waals surface area contributed by atoms with Gasteiger partial charge in [-0.25, -0.2) is 19.7 Å². The number of aromatic nitrogens is 3. The van der Waals surface area contributed by atoms with Gasteiger partial charge in [-0.05, 0) is 75.1 Å². The van der Waals surface area contributed by atoms with Gasteiger partial charge in [0.2, 0.25) is 0 Å². The number of carboxylic acid groups (broad SMARTS) is 1. The predicted octanol–water partition coefficient (Wildman–Crippen LogP) is 4.64. The van der Waals surface area contributed by atoms with Crippen LogP contribution in [0.2, 0.25) is 0 Å². The number of benzene rings is 1. The van der Waals surface area contributed by atoms with E-state index in [4.69, 9.17) is 4.98 Å². The van der Waals surface area contributed by atoms with Crippen molar-refractivity contribution in [2.24, 2.45) is 0 Å². The number of pyridine rings is 1. The smallest absolute Gasteiger partial charge is 0.326 e. The van der Waals surface area contributed by atoms with E-state index in [-0.39, 0.29) is 0 Å². The first kappa shape index (κ1) is 25.1. The molecule has 0 spiro atoms. The fourth-order valence-electron chi connectivity index (χ4n) is 5.04. The van der Waals surface area contributed by atoms with Crippen molar-refractivity contribution in [2.75, 3.05) is 30.3 Å². The Hall–Kier alpha value is -3.52. The molecule has 8 heteroatoms. The Bertz CT molecular complexity index is 1180. The number of fused-ring (bicyclic) bond motifs is 1. The molecule has 1 aliphatic heterocycles. The summed E-state index contributed by atoms with van der Waals surface area (Å²) in [4.78, 5) is 27.9. The molecule has 2 aromatic heterocycles. The average molecular weight is 501 g/mol. The second-order valence-electron chi connectivity index (χ2n) is 10.0. The normalized spacial score (nSPS) is 15.6. The molecule has 1 fully saturated rings. The number of hydrogen-bond acceptors (Lipinski definition) is 7. The second-order valence-corrected chi connectivity index (χ2v) is 10.0. The van der Waals surface area contributed by atoms with Crippen LogP contribution in [0.5, 0.6) is 0 Å². The van der Waals surface area contributed by atoms with Gasteiger partial charge in [-0.15, -0.1) is 0 Å². The van der Waals surface area contributed by atoms with Crippen LogP contribution >= 0.6 is 0 Å². The molecule has 1 aliphatic carbocycles. The number of carboxylic acids is 1. The molecule has 3 N–H and O–H groups in total. The average Bonchev–Trinajstić information content (AvgIpc) is 3.78. The van der Waals surface area contributed by atoms with Gasteiger partial charge in [0.25, 0.3) is 0 Å². The lowest BCUT2D eigenvalue weighted by atomic mass is 10.1. The van der Waals surface area contributed by atoms with Gasteiger partial charge in [-0.3, -0.25) is 0 Å². The number of unbranched alkanes of at least 4 members (excludes halogenated alkanes) is 1. The summed E-state index contributed by atoms with van der Waals surface area (Å²) >= 11 is 0. The van der Waals surface area contributed by atoms with Crippen LogP contribution in [0.1, 0.15) is 49.8 Å². The van der Waals surface area contributed by atoms with Crippen LogP contribution in [0.4, 0.5) is 11.6 Å². The fourth-order valence-corrected chi connectivity index (χ4v) is 5.04. The number of rotatable bonds is 13. The summed E-state index contributed by atoms with van der Waals surface area (Å²) in [7, 11) is 0. The molecule has 0 unspecified atom stereocenters. The number of anilines is 2. The Morgan fingerprint density at radius 2 is 2.00 bits per heavy atom. The third-order valence-electron chi connectivity index (χ3n) is 7.25. The molecular weight excluding hydrogens is 464 g/mol. The first-order valence-electron chi connectivity index (χ1n) is 13.5. The molecule has 0 radical (unpaired) electrons. The van der Waals surface area contributed by atoms with Gasteiger partial charge in [0, 0.05) is 36.6 Å². The summed E-state index contributed by atoms with van der Waals surface area (Å²) in [6.07, 6.45) is 11.5. The highest BCUT2D eigenvalue weighted by molar-refractivity contribution is 5.81. The first-order chi connectivity index (χ1) is 18.2. The molecule has 3 aromatic rings. The van der Waals surface area contributed by atoms with E-state index >= 15 is 0 Å². The maximum atomic E-state index is 12.1. The first-order valence-corrected chi connectivity index (χ1v) is 13.5. The van der Waals surface area contributed by atoms with Crippen LogP contribution in [0, 0.1) is 0 Å². The number of nitrogens with zero attached hydrogens (tertiary/aromatic N) is 4. The molecule has 194 valence electrons. The van der Waals surface area contributed by atoms with Crippen LogP contribution in [0.25, 0.3) is 11.1 Å². The summed E-state index contributed by atoms with van der Waals surface area (Å²) in [6.45, 7) is 2.75. The lowest BCUT2D eigenvalue weighted by molar-refractivity contribution is -0.138. The van der Waals surface area contributed by atoms with Gasteiger partial charge in [0.05, 0.1) is 0 Å². The van der Waals surface area contributed by atoms with Crippen molar-refractivity contribution in [3.63, 3.8) is 0 Å². The topological polar surface area (TPSA) is 103 Å². The molecular formula is C29H36N6O2. The zero-order valence-electron chi connectivity index (χ0n) is 21.3. The summed E-state index contributed by atoms with van der Waals surface area (Å²) in [6, 6.07) is 14.1. The van der Waals surface area contributed by atoms with Crippen LogP contribution in [-0.4, -0.2) is 62.6 Å². The Morgan fingerprint density at radius 3 is 2.81 bits per heavy atom. The molecule has 5 rings (SSSR count). The largest absolute Gasteiger partial charge is 0.480 e. The molecule has 1 atom stereocenters. The van der Waals surface area contributed by atoms with E-state index in [0.29, 0.717) is 18.3 Å².